The van der Waals surface area contributed by atoms with E-state index in [0.717, 1.165) is 10.0 Å². The molecule has 0 saturated carbocycles. The molecule has 0 amide bonds. The second-order valence-corrected chi connectivity index (χ2v) is 4.92. The fraction of sp³-hybridized carbons (Fsp3) is 0.417. The third kappa shape index (κ3) is 3.32. The Hall–Kier alpha value is -0.870. The molecule has 0 aliphatic carbocycles. The van der Waals surface area contributed by atoms with E-state index < -0.39 is 5.54 Å². The normalized spacial score (nSPS) is 11.2. The van der Waals surface area contributed by atoms with Crippen LogP contribution in [0.4, 0.5) is 0 Å². The molecule has 1 N–H and O–H groups in total. The number of nitrogens with one attached hydrogen (secondary N) is 1. The summed E-state index contributed by atoms with van der Waals surface area (Å²) < 4.78 is 5.75. The van der Waals surface area contributed by atoms with Crippen LogP contribution in [0.2, 0.25) is 0 Å². The van der Waals surface area contributed by atoms with Crippen LogP contribution in [0.15, 0.2) is 28.7 Å². The van der Waals surface area contributed by atoms with Gasteiger partial charge >= 0.3 is 5.97 Å². The number of ether oxygens (including phenoxy) is 1. The molecule has 0 aliphatic heterocycles. The lowest BCUT2D eigenvalue weighted by molar-refractivity contribution is -0.147. The molecule has 0 spiro atoms. The minimum atomic E-state index is -0.677. The zero-order valence-corrected chi connectivity index (χ0v) is 11.3. The molecule has 0 heterocycles. The van der Waals surface area contributed by atoms with Gasteiger partial charge in [0.15, 0.2) is 0 Å². The third-order valence-corrected chi connectivity index (χ3v) is 3.15. The highest BCUT2D eigenvalue weighted by atomic mass is 79.9. The number of hydrogen-bond acceptors (Lipinski definition) is 3. The molecule has 16 heavy (non-hydrogen) atoms. The summed E-state index contributed by atoms with van der Waals surface area (Å²) in [5.41, 5.74) is 0.434. The Morgan fingerprint density at radius 2 is 2.06 bits per heavy atom. The van der Waals surface area contributed by atoms with Crippen LogP contribution in [0.25, 0.3) is 0 Å². The lowest BCUT2D eigenvalue weighted by atomic mass is 10.1. The van der Waals surface area contributed by atoms with Crippen LogP contribution < -0.4 is 5.32 Å². The molecule has 0 bridgehead atoms. The van der Waals surface area contributed by atoms with Crippen LogP contribution in [0.1, 0.15) is 19.4 Å². The van der Waals surface area contributed by atoms with E-state index in [1.807, 2.05) is 24.3 Å². The first kappa shape index (κ1) is 13.2. The number of carbonyl (C=O) groups is 1. The van der Waals surface area contributed by atoms with E-state index in [4.69, 9.17) is 4.74 Å². The largest absolute Gasteiger partial charge is 0.468 e. The molecule has 3 nitrogen and oxygen atoms in total. The van der Waals surface area contributed by atoms with E-state index in [1.54, 1.807) is 13.8 Å². The first-order valence-corrected chi connectivity index (χ1v) is 5.83. The third-order valence-electron chi connectivity index (χ3n) is 2.37. The van der Waals surface area contributed by atoms with Gasteiger partial charge in [0, 0.05) is 11.0 Å². The van der Waals surface area contributed by atoms with E-state index in [9.17, 15) is 4.79 Å². The van der Waals surface area contributed by atoms with Crippen molar-refractivity contribution in [2.45, 2.75) is 25.9 Å². The Morgan fingerprint density at radius 3 is 2.62 bits per heavy atom. The number of rotatable bonds is 4. The average Bonchev–Trinajstić information content (AvgIpc) is 2.27. The summed E-state index contributed by atoms with van der Waals surface area (Å²) in [6, 6.07) is 7.90. The molecule has 0 unspecified atom stereocenters. The van der Waals surface area contributed by atoms with Crippen molar-refractivity contribution >= 4 is 21.9 Å². The predicted octanol–water partition coefficient (Wildman–Crippen LogP) is 2.49. The lowest BCUT2D eigenvalue weighted by Gasteiger charge is -2.23. The number of carbonyl (C=O) groups excluding carboxylic acids is 1. The van der Waals surface area contributed by atoms with Gasteiger partial charge in [0.2, 0.25) is 0 Å². The molecule has 0 fully saturated rings. The molecule has 88 valence electrons. The molecular formula is C12H16BrNO2. The van der Waals surface area contributed by atoms with Gasteiger partial charge < -0.3 is 4.74 Å². The summed E-state index contributed by atoms with van der Waals surface area (Å²) >= 11 is 3.46. The highest BCUT2D eigenvalue weighted by Gasteiger charge is 2.27. The zero-order chi connectivity index (χ0) is 12.2. The average molecular weight is 286 g/mol. The van der Waals surface area contributed by atoms with E-state index in [0.29, 0.717) is 6.54 Å². The second kappa shape index (κ2) is 5.46. The van der Waals surface area contributed by atoms with Gasteiger partial charge in [-0.1, -0.05) is 34.1 Å². The van der Waals surface area contributed by atoms with Crippen LogP contribution in [0.3, 0.4) is 0 Å². The van der Waals surface area contributed by atoms with Gasteiger partial charge in [0.05, 0.1) is 7.11 Å². The Kier molecular flexibility index (Phi) is 4.50. The van der Waals surface area contributed by atoms with Crippen molar-refractivity contribution in [2.24, 2.45) is 0 Å². The van der Waals surface area contributed by atoms with E-state index in [2.05, 4.69) is 21.2 Å². The first-order chi connectivity index (χ1) is 7.47. The number of esters is 1. The summed E-state index contributed by atoms with van der Waals surface area (Å²) in [6.07, 6.45) is 0. The molecule has 0 atom stereocenters. The second-order valence-electron chi connectivity index (χ2n) is 4.06. The summed E-state index contributed by atoms with van der Waals surface area (Å²) in [5.74, 6) is -0.264. The van der Waals surface area contributed by atoms with Crippen LogP contribution in [0, 0.1) is 0 Å². The molecule has 0 saturated heterocycles. The van der Waals surface area contributed by atoms with Gasteiger partial charge in [-0.15, -0.1) is 0 Å². The standard InChI is InChI=1S/C12H16BrNO2/c1-12(2,11(15)16-3)14-8-9-6-4-5-7-10(9)13/h4-7,14H,8H2,1-3H3. The van der Waals surface area contributed by atoms with Crippen molar-refractivity contribution in [2.75, 3.05) is 7.11 Å². The van der Waals surface area contributed by atoms with E-state index in [-0.39, 0.29) is 5.97 Å². The van der Waals surface area contributed by atoms with Crippen molar-refractivity contribution < 1.29 is 9.53 Å². The number of benzene rings is 1. The molecular weight excluding hydrogens is 270 g/mol. The molecule has 4 heteroatoms. The number of halogens is 1. The summed E-state index contributed by atoms with van der Waals surface area (Å²) in [4.78, 5) is 11.4. The molecule has 0 aliphatic rings. The molecule has 0 aromatic heterocycles. The van der Waals surface area contributed by atoms with Gasteiger partial charge in [-0.05, 0) is 25.5 Å². The maximum absolute atomic E-state index is 11.4. The Morgan fingerprint density at radius 1 is 1.44 bits per heavy atom. The summed E-state index contributed by atoms with van der Waals surface area (Å²) in [7, 11) is 1.39. The van der Waals surface area contributed by atoms with Gasteiger partial charge in [0.1, 0.15) is 5.54 Å². The first-order valence-electron chi connectivity index (χ1n) is 5.04. The fourth-order valence-electron chi connectivity index (χ4n) is 1.29. The zero-order valence-electron chi connectivity index (χ0n) is 9.71. The van der Waals surface area contributed by atoms with Crippen LogP contribution in [-0.2, 0) is 16.1 Å². The Balaban J connectivity index is 2.65. The summed E-state index contributed by atoms with van der Waals surface area (Å²) in [6.45, 7) is 4.22. The molecule has 1 rings (SSSR count). The quantitative estimate of drug-likeness (QED) is 0.864. The van der Waals surface area contributed by atoms with Gasteiger partial charge in [-0.25, -0.2) is 0 Å². The molecule has 1 aromatic rings. The minimum absolute atomic E-state index is 0.264. The minimum Gasteiger partial charge on any atom is -0.468 e. The van der Waals surface area contributed by atoms with Gasteiger partial charge in [0.25, 0.3) is 0 Å². The van der Waals surface area contributed by atoms with Gasteiger partial charge in [-0.3, -0.25) is 10.1 Å². The van der Waals surface area contributed by atoms with Gasteiger partial charge in [-0.2, -0.15) is 0 Å². The Bertz CT molecular complexity index is 377. The van der Waals surface area contributed by atoms with Crippen LogP contribution in [0.5, 0.6) is 0 Å². The highest BCUT2D eigenvalue weighted by molar-refractivity contribution is 9.10. The number of methoxy groups -OCH3 is 1. The van der Waals surface area contributed by atoms with Crippen LogP contribution >= 0.6 is 15.9 Å². The van der Waals surface area contributed by atoms with E-state index in [1.165, 1.54) is 7.11 Å². The van der Waals surface area contributed by atoms with Crippen LogP contribution in [-0.4, -0.2) is 18.6 Å². The fourth-order valence-corrected chi connectivity index (χ4v) is 1.71. The summed E-state index contributed by atoms with van der Waals surface area (Å²) in [5, 5.41) is 3.16. The topological polar surface area (TPSA) is 38.3 Å². The number of hydrogen-bond donors (Lipinski definition) is 1. The maximum Gasteiger partial charge on any atom is 0.325 e. The monoisotopic (exact) mass is 285 g/mol. The van der Waals surface area contributed by atoms with Crippen molar-refractivity contribution in [3.8, 4) is 0 Å². The lowest BCUT2D eigenvalue weighted by Crippen LogP contribution is -2.47. The van der Waals surface area contributed by atoms with Crippen molar-refractivity contribution in [1.29, 1.82) is 0 Å². The highest BCUT2D eigenvalue weighted by Crippen LogP contribution is 2.16. The molecule has 1 aromatic carbocycles. The van der Waals surface area contributed by atoms with E-state index >= 15 is 0 Å². The molecule has 0 radical (unpaired) electrons. The van der Waals surface area contributed by atoms with Crippen molar-refractivity contribution in [3.05, 3.63) is 34.3 Å². The predicted molar refractivity (Wildman–Crippen MR) is 67.1 cm³/mol. The van der Waals surface area contributed by atoms with Crippen molar-refractivity contribution in [3.63, 3.8) is 0 Å². The Labute approximate surface area is 104 Å². The van der Waals surface area contributed by atoms with Crippen molar-refractivity contribution in [1.82, 2.24) is 5.32 Å². The maximum atomic E-state index is 11.4. The SMILES string of the molecule is COC(=O)C(C)(C)NCc1ccccc1Br. The smallest absolute Gasteiger partial charge is 0.325 e.